The Balaban J connectivity index is 2.06. The van der Waals surface area contributed by atoms with Crippen LogP contribution < -0.4 is 5.32 Å². The highest BCUT2D eigenvalue weighted by Crippen LogP contribution is 2.20. The fraction of sp³-hybridized carbons (Fsp3) is 0.312. The van der Waals surface area contributed by atoms with Crippen LogP contribution in [0.4, 0.5) is 4.39 Å². The number of hydrogen-bond donors (Lipinski definition) is 1. The third-order valence-electron chi connectivity index (χ3n) is 3.16. The van der Waals surface area contributed by atoms with Gasteiger partial charge < -0.3 is 5.32 Å². The summed E-state index contributed by atoms with van der Waals surface area (Å²) in [5.41, 5.74) is 2.70. The van der Waals surface area contributed by atoms with Gasteiger partial charge >= 0.3 is 0 Å². The lowest BCUT2D eigenvalue weighted by Gasteiger charge is -2.18. The van der Waals surface area contributed by atoms with E-state index in [1.165, 1.54) is 6.07 Å². The van der Waals surface area contributed by atoms with Gasteiger partial charge in [-0.25, -0.2) is 4.39 Å². The molecule has 0 bridgehead atoms. The smallest absolute Gasteiger partial charge is 0.127 e. The largest absolute Gasteiger partial charge is 0.304 e. The second-order valence-corrected chi connectivity index (χ2v) is 4.63. The first-order valence-electron chi connectivity index (χ1n) is 6.61. The second kappa shape index (κ2) is 6.43. The molecule has 0 aliphatic rings. The van der Waals surface area contributed by atoms with Gasteiger partial charge in [-0.1, -0.05) is 31.2 Å². The maximum Gasteiger partial charge on any atom is 0.127 e. The lowest BCUT2D eigenvalue weighted by Crippen LogP contribution is -2.21. The molecule has 19 heavy (non-hydrogen) atoms. The number of hydrogen-bond acceptors (Lipinski definition) is 2. The average molecular weight is 258 g/mol. The predicted molar refractivity (Wildman–Crippen MR) is 75.2 cm³/mol. The van der Waals surface area contributed by atoms with Crippen LogP contribution in [0.2, 0.25) is 0 Å². The molecule has 3 heteroatoms. The number of benzene rings is 1. The van der Waals surface area contributed by atoms with Crippen LogP contribution in [0.25, 0.3) is 0 Å². The highest BCUT2D eigenvalue weighted by Gasteiger charge is 2.12. The van der Waals surface area contributed by atoms with Gasteiger partial charge in [-0.05, 0) is 31.5 Å². The highest BCUT2D eigenvalue weighted by molar-refractivity contribution is 5.21. The number of nitrogens with one attached hydrogen (secondary N) is 1. The van der Waals surface area contributed by atoms with Gasteiger partial charge in [0.1, 0.15) is 5.82 Å². The minimum Gasteiger partial charge on any atom is -0.304 e. The van der Waals surface area contributed by atoms with Gasteiger partial charge in [0.05, 0.1) is 5.69 Å². The Morgan fingerprint density at radius 1 is 1.16 bits per heavy atom. The molecule has 0 saturated heterocycles. The van der Waals surface area contributed by atoms with Crippen LogP contribution in [0.5, 0.6) is 0 Å². The number of nitrogens with zero attached hydrogens (tertiary/aromatic N) is 1. The molecule has 2 aromatic rings. The minimum absolute atomic E-state index is 0.0171. The quantitative estimate of drug-likeness (QED) is 0.883. The van der Waals surface area contributed by atoms with E-state index in [2.05, 4.69) is 10.3 Å². The molecule has 0 fully saturated rings. The third kappa shape index (κ3) is 3.61. The van der Waals surface area contributed by atoms with Gasteiger partial charge in [0.2, 0.25) is 0 Å². The monoisotopic (exact) mass is 258 g/mol. The minimum atomic E-state index is -0.154. The Morgan fingerprint density at radius 2 is 1.95 bits per heavy atom. The number of aryl methyl sites for hydroxylation is 1. The average Bonchev–Trinajstić information content (AvgIpc) is 2.41. The third-order valence-corrected chi connectivity index (χ3v) is 3.16. The van der Waals surface area contributed by atoms with Crippen molar-refractivity contribution < 1.29 is 4.39 Å². The molecule has 0 radical (unpaired) electrons. The molecule has 1 unspecified atom stereocenters. The van der Waals surface area contributed by atoms with Gasteiger partial charge in [0, 0.05) is 23.8 Å². The topological polar surface area (TPSA) is 24.9 Å². The van der Waals surface area contributed by atoms with E-state index in [0.29, 0.717) is 6.54 Å². The Bertz CT molecular complexity index is 540. The Hall–Kier alpha value is -1.74. The van der Waals surface area contributed by atoms with Crippen LogP contribution in [0.3, 0.4) is 0 Å². The van der Waals surface area contributed by atoms with Crippen LogP contribution in [-0.2, 0) is 6.54 Å². The molecule has 1 heterocycles. The Morgan fingerprint density at radius 3 is 2.63 bits per heavy atom. The van der Waals surface area contributed by atoms with E-state index < -0.39 is 0 Å². The molecule has 0 aliphatic carbocycles. The van der Waals surface area contributed by atoms with E-state index in [1.807, 2.05) is 44.2 Å². The fourth-order valence-corrected chi connectivity index (χ4v) is 2.16. The molecule has 2 rings (SSSR count). The van der Waals surface area contributed by atoms with Crippen molar-refractivity contribution in [3.63, 3.8) is 0 Å². The SMILES string of the molecule is CCC(NCc1cccc(C)n1)c1ccccc1F. The summed E-state index contributed by atoms with van der Waals surface area (Å²) in [6.45, 7) is 4.67. The van der Waals surface area contributed by atoms with Crippen molar-refractivity contribution in [2.75, 3.05) is 0 Å². The summed E-state index contributed by atoms with van der Waals surface area (Å²) in [7, 11) is 0. The van der Waals surface area contributed by atoms with Crippen LogP contribution in [-0.4, -0.2) is 4.98 Å². The first-order chi connectivity index (χ1) is 9.20. The molecule has 1 aromatic heterocycles. The maximum atomic E-state index is 13.8. The van der Waals surface area contributed by atoms with E-state index in [9.17, 15) is 4.39 Å². The van der Waals surface area contributed by atoms with Crippen LogP contribution in [0.15, 0.2) is 42.5 Å². The van der Waals surface area contributed by atoms with Crippen molar-refractivity contribution in [3.05, 3.63) is 65.2 Å². The zero-order valence-electron chi connectivity index (χ0n) is 11.4. The van der Waals surface area contributed by atoms with Gasteiger partial charge in [0.15, 0.2) is 0 Å². The molecule has 0 spiro atoms. The summed E-state index contributed by atoms with van der Waals surface area (Å²) in [6, 6.07) is 12.9. The number of halogens is 1. The Kier molecular flexibility index (Phi) is 4.63. The van der Waals surface area contributed by atoms with Crippen molar-refractivity contribution in [3.8, 4) is 0 Å². The van der Waals surface area contributed by atoms with Crippen molar-refractivity contribution in [2.45, 2.75) is 32.9 Å². The molecule has 1 N–H and O–H groups in total. The molecule has 1 atom stereocenters. The first kappa shape index (κ1) is 13.7. The van der Waals surface area contributed by atoms with Crippen molar-refractivity contribution >= 4 is 0 Å². The Labute approximate surface area is 113 Å². The normalized spacial score (nSPS) is 12.4. The van der Waals surface area contributed by atoms with Crippen molar-refractivity contribution in [2.24, 2.45) is 0 Å². The van der Waals surface area contributed by atoms with E-state index >= 15 is 0 Å². The van der Waals surface area contributed by atoms with Crippen LogP contribution in [0.1, 0.15) is 36.3 Å². The zero-order valence-corrected chi connectivity index (χ0v) is 11.4. The molecule has 0 amide bonds. The molecule has 1 aromatic carbocycles. The predicted octanol–water partition coefficient (Wildman–Crippen LogP) is 3.77. The molecular formula is C16H19FN2. The first-order valence-corrected chi connectivity index (χ1v) is 6.61. The summed E-state index contributed by atoms with van der Waals surface area (Å²) >= 11 is 0. The van der Waals surface area contributed by atoms with Crippen LogP contribution >= 0.6 is 0 Å². The van der Waals surface area contributed by atoms with Crippen LogP contribution in [0, 0.1) is 12.7 Å². The van der Waals surface area contributed by atoms with Gasteiger partial charge in [0.25, 0.3) is 0 Å². The molecule has 2 nitrogen and oxygen atoms in total. The molecule has 0 saturated carbocycles. The summed E-state index contributed by atoms with van der Waals surface area (Å²) in [5, 5.41) is 3.37. The number of pyridine rings is 1. The standard InChI is InChI=1S/C16H19FN2/c1-3-16(14-9-4-5-10-15(14)17)18-11-13-8-6-7-12(2)19-13/h4-10,16,18H,3,11H2,1-2H3. The summed E-state index contributed by atoms with van der Waals surface area (Å²) in [6.07, 6.45) is 0.840. The summed E-state index contributed by atoms with van der Waals surface area (Å²) < 4.78 is 13.8. The molecule has 0 aliphatic heterocycles. The number of aromatic nitrogens is 1. The van der Waals surface area contributed by atoms with Gasteiger partial charge in [-0.15, -0.1) is 0 Å². The van der Waals surface area contributed by atoms with Crippen molar-refractivity contribution in [1.82, 2.24) is 10.3 Å². The van der Waals surface area contributed by atoms with Gasteiger partial charge in [-0.2, -0.15) is 0 Å². The lowest BCUT2D eigenvalue weighted by atomic mass is 10.0. The second-order valence-electron chi connectivity index (χ2n) is 4.63. The van der Waals surface area contributed by atoms with E-state index in [4.69, 9.17) is 0 Å². The molecular weight excluding hydrogens is 239 g/mol. The fourth-order valence-electron chi connectivity index (χ4n) is 2.16. The molecule has 100 valence electrons. The summed E-state index contributed by atoms with van der Waals surface area (Å²) in [5.74, 6) is -0.154. The van der Waals surface area contributed by atoms with E-state index in [-0.39, 0.29) is 11.9 Å². The zero-order chi connectivity index (χ0) is 13.7. The highest BCUT2D eigenvalue weighted by atomic mass is 19.1. The summed E-state index contributed by atoms with van der Waals surface area (Å²) in [4.78, 5) is 4.44. The van der Waals surface area contributed by atoms with Crippen molar-refractivity contribution in [1.29, 1.82) is 0 Å². The van der Waals surface area contributed by atoms with Gasteiger partial charge in [-0.3, -0.25) is 4.98 Å². The number of rotatable bonds is 5. The maximum absolute atomic E-state index is 13.8. The van der Waals surface area contributed by atoms with E-state index in [1.54, 1.807) is 6.07 Å². The van der Waals surface area contributed by atoms with E-state index in [0.717, 1.165) is 23.4 Å². The lowest BCUT2D eigenvalue weighted by molar-refractivity contribution is 0.484.